The van der Waals surface area contributed by atoms with Crippen LogP contribution >= 0.6 is 0 Å². The summed E-state index contributed by atoms with van der Waals surface area (Å²) in [5.74, 6) is 1.45. The van der Waals surface area contributed by atoms with Gasteiger partial charge in [0.25, 0.3) is 0 Å². The zero-order valence-electron chi connectivity index (χ0n) is 12.5. The third kappa shape index (κ3) is 2.63. The van der Waals surface area contributed by atoms with Crippen molar-refractivity contribution >= 4 is 0 Å². The van der Waals surface area contributed by atoms with Crippen LogP contribution in [0.15, 0.2) is 0 Å². The Hall–Kier alpha value is -1.18. The lowest BCUT2D eigenvalue weighted by atomic mass is 9.86. The van der Waals surface area contributed by atoms with Gasteiger partial charge in [-0.2, -0.15) is 0 Å². The van der Waals surface area contributed by atoms with Crippen molar-refractivity contribution < 1.29 is 10.2 Å². The standard InChI is InChI=1S/C16H26O2/c1-7-12-14(10(4)5)15(17)11(6)13(16(12)18)8-9(2)3/h9-10,17-18H,7-8H2,1-6H3. The third-order valence-electron chi connectivity index (χ3n) is 3.50. The average molecular weight is 250 g/mol. The van der Waals surface area contributed by atoms with E-state index in [1.54, 1.807) is 0 Å². The van der Waals surface area contributed by atoms with Crippen molar-refractivity contribution in [1.29, 1.82) is 0 Å². The van der Waals surface area contributed by atoms with E-state index in [0.29, 0.717) is 17.4 Å². The molecule has 0 spiro atoms. The maximum Gasteiger partial charge on any atom is 0.122 e. The predicted molar refractivity (Wildman–Crippen MR) is 76.5 cm³/mol. The van der Waals surface area contributed by atoms with Crippen LogP contribution in [-0.4, -0.2) is 10.2 Å². The molecule has 2 N–H and O–H groups in total. The molecule has 2 nitrogen and oxygen atoms in total. The molecule has 1 rings (SSSR count). The van der Waals surface area contributed by atoms with Crippen LogP contribution in [0.25, 0.3) is 0 Å². The summed E-state index contributed by atoms with van der Waals surface area (Å²) in [5.41, 5.74) is 3.55. The van der Waals surface area contributed by atoms with Crippen molar-refractivity contribution in [1.82, 2.24) is 0 Å². The molecule has 2 heteroatoms. The molecule has 0 amide bonds. The van der Waals surface area contributed by atoms with Crippen LogP contribution < -0.4 is 0 Å². The number of rotatable bonds is 4. The second-order valence-electron chi connectivity index (χ2n) is 5.80. The van der Waals surface area contributed by atoms with Gasteiger partial charge in [0.2, 0.25) is 0 Å². The molecule has 0 fully saturated rings. The molecule has 0 bridgehead atoms. The molecule has 0 aliphatic rings. The first kappa shape index (κ1) is 14.9. The molecule has 0 saturated heterocycles. The number of phenolic OH excluding ortho intramolecular Hbond substituents is 2. The maximum atomic E-state index is 10.5. The first-order valence-corrected chi connectivity index (χ1v) is 6.87. The van der Waals surface area contributed by atoms with E-state index >= 15 is 0 Å². The number of aromatic hydroxyl groups is 2. The Labute approximate surface area is 111 Å². The quantitative estimate of drug-likeness (QED) is 0.783. The average Bonchev–Trinajstić information content (AvgIpc) is 2.28. The summed E-state index contributed by atoms with van der Waals surface area (Å²) in [4.78, 5) is 0. The number of phenols is 2. The van der Waals surface area contributed by atoms with Crippen molar-refractivity contribution in [3.05, 3.63) is 22.3 Å². The Bertz CT molecular complexity index is 431. The van der Waals surface area contributed by atoms with Gasteiger partial charge in [-0.15, -0.1) is 0 Å². The van der Waals surface area contributed by atoms with Crippen molar-refractivity contribution in [3.8, 4) is 11.5 Å². The number of hydrogen-bond acceptors (Lipinski definition) is 2. The first-order chi connectivity index (χ1) is 8.31. The molecular weight excluding hydrogens is 224 g/mol. The van der Waals surface area contributed by atoms with Crippen LogP contribution in [0.1, 0.15) is 62.8 Å². The number of benzene rings is 1. The van der Waals surface area contributed by atoms with E-state index in [2.05, 4.69) is 27.7 Å². The molecule has 18 heavy (non-hydrogen) atoms. The van der Waals surface area contributed by atoms with Crippen LogP contribution in [0, 0.1) is 12.8 Å². The molecule has 1 aromatic rings. The molecule has 0 aliphatic carbocycles. The zero-order valence-corrected chi connectivity index (χ0v) is 12.5. The number of hydrogen-bond donors (Lipinski definition) is 2. The zero-order chi connectivity index (χ0) is 14.0. The fourth-order valence-electron chi connectivity index (χ4n) is 2.61. The molecule has 0 atom stereocenters. The molecule has 0 heterocycles. The fraction of sp³-hybridized carbons (Fsp3) is 0.625. The first-order valence-electron chi connectivity index (χ1n) is 6.87. The van der Waals surface area contributed by atoms with Crippen LogP contribution in [0.3, 0.4) is 0 Å². The maximum absolute atomic E-state index is 10.5. The molecule has 0 saturated carbocycles. The summed E-state index contributed by atoms with van der Waals surface area (Å²) in [6, 6.07) is 0. The van der Waals surface area contributed by atoms with Gasteiger partial charge < -0.3 is 10.2 Å². The summed E-state index contributed by atoms with van der Waals surface area (Å²) >= 11 is 0. The summed E-state index contributed by atoms with van der Waals surface area (Å²) < 4.78 is 0. The summed E-state index contributed by atoms with van der Waals surface area (Å²) in [5, 5.41) is 20.8. The monoisotopic (exact) mass is 250 g/mol. The third-order valence-corrected chi connectivity index (χ3v) is 3.50. The molecule has 0 aliphatic heterocycles. The molecule has 0 radical (unpaired) electrons. The smallest absolute Gasteiger partial charge is 0.122 e. The highest BCUT2D eigenvalue weighted by molar-refractivity contribution is 5.58. The van der Waals surface area contributed by atoms with Crippen LogP contribution in [0.2, 0.25) is 0 Å². The van der Waals surface area contributed by atoms with Crippen LogP contribution in [-0.2, 0) is 12.8 Å². The summed E-state index contributed by atoms with van der Waals surface area (Å²) in [6.45, 7) is 12.3. The van der Waals surface area contributed by atoms with Gasteiger partial charge in [0.15, 0.2) is 0 Å². The fourth-order valence-corrected chi connectivity index (χ4v) is 2.61. The lowest BCUT2D eigenvalue weighted by molar-refractivity contribution is 0.432. The lowest BCUT2D eigenvalue weighted by Gasteiger charge is -2.22. The van der Waals surface area contributed by atoms with E-state index in [-0.39, 0.29) is 5.92 Å². The second-order valence-corrected chi connectivity index (χ2v) is 5.80. The van der Waals surface area contributed by atoms with Gasteiger partial charge in [-0.05, 0) is 37.2 Å². The van der Waals surface area contributed by atoms with Gasteiger partial charge in [-0.3, -0.25) is 0 Å². The van der Waals surface area contributed by atoms with Gasteiger partial charge in [0, 0.05) is 16.7 Å². The Balaban J connectivity index is 3.54. The van der Waals surface area contributed by atoms with E-state index < -0.39 is 0 Å². The van der Waals surface area contributed by atoms with Gasteiger partial charge in [-0.25, -0.2) is 0 Å². The lowest BCUT2D eigenvalue weighted by Crippen LogP contribution is -2.05. The normalized spacial score (nSPS) is 11.6. The molecule has 0 aromatic heterocycles. The molecular formula is C16H26O2. The van der Waals surface area contributed by atoms with Crippen molar-refractivity contribution in [3.63, 3.8) is 0 Å². The summed E-state index contributed by atoms with van der Waals surface area (Å²) in [7, 11) is 0. The minimum absolute atomic E-state index is 0.220. The van der Waals surface area contributed by atoms with E-state index in [9.17, 15) is 10.2 Å². The van der Waals surface area contributed by atoms with Crippen molar-refractivity contribution in [2.45, 2.75) is 60.3 Å². The SMILES string of the molecule is CCc1c(O)c(CC(C)C)c(C)c(O)c1C(C)C. The summed E-state index contributed by atoms with van der Waals surface area (Å²) in [6.07, 6.45) is 1.55. The molecule has 0 unspecified atom stereocenters. The highest BCUT2D eigenvalue weighted by atomic mass is 16.3. The van der Waals surface area contributed by atoms with Crippen LogP contribution in [0.5, 0.6) is 11.5 Å². The van der Waals surface area contributed by atoms with Crippen molar-refractivity contribution in [2.24, 2.45) is 5.92 Å². The molecule has 102 valence electrons. The predicted octanol–water partition coefficient (Wildman–Crippen LogP) is 4.29. The van der Waals surface area contributed by atoms with Crippen LogP contribution in [0.4, 0.5) is 0 Å². The highest BCUT2D eigenvalue weighted by Crippen LogP contribution is 2.41. The minimum atomic E-state index is 0.220. The van der Waals surface area contributed by atoms with Crippen molar-refractivity contribution in [2.75, 3.05) is 0 Å². The largest absolute Gasteiger partial charge is 0.507 e. The van der Waals surface area contributed by atoms with Gasteiger partial charge >= 0.3 is 0 Å². The topological polar surface area (TPSA) is 40.5 Å². The van der Waals surface area contributed by atoms with E-state index in [1.807, 2.05) is 13.8 Å². The molecule has 1 aromatic carbocycles. The van der Waals surface area contributed by atoms with E-state index in [1.165, 1.54) is 0 Å². The van der Waals surface area contributed by atoms with E-state index in [4.69, 9.17) is 0 Å². The van der Waals surface area contributed by atoms with E-state index in [0.717, 1.165) is 35.1 Å². The van der Waals surface area contributed by atoms with Gasteiger partial charge in [0.05, 0.1) is 0 Å². The Morgan fingerprint density at radius 3 is 1.89 bits per heavy atom. The minimum Gasteiger partial charge on any atom is -0.507 e. The Kier molecular flexibility index (Phi) is 4.66. The second kappa shape index (κ2) is 5.64. The Morgan fingerprint density at radius 1 is 0.944 bits per heavy atom. The highest BCUT2D eigenvalue weighted by Gasteiger charge is 2.22. The Morgan fingerprint density at radius 2 is 1.50 bits per heavy atom. The van der Waals surface area contributed by atoms with Gasteiger partial charge in [0.1, 0.15) is 11.5 Å². The van der Waals surface area contributed by atoms with Gasteiger partial charge in [-0.1, -0.05) is 34.6 Å².